The van der Waals surface area contributed by atoms with Crippen LogP contribution in [0.3, 0.4) is 0 Å². The van der Waals surface area contributed by atoms with Gasteiger partial charge < -0.3 is 4.74 Å². The summed E-state index contributed by atoms with van der Waals surface area (Å²) in [5, 5.41) is 0. The van der Waals surface area contributed by atoms with Gasteiger partial charge in [0.15, 0.2) is 5.78 Å². The minimum absolute atomic E-state index is 0.164. The quantitative estimate of drug-likeness (QED) is 0.803. The summed E-state index contributed by atoms with van der Waals surface area (Å²) in [5.41, 5.74) is 1.37. The first-order valence-electron chi connectivity index (χ1n) is 7.74. The summed E-state index contributed by atoms with van der Waals surface area (Å²) in [6, 6.07) is 4.33. The number of nitrogens with zero attached hydrogens (tertiary/aromatic N) is 1. The molecule has 1 N–H and O–H groups in total. The molecule has 2 rings (SSSR count). The summed E-state index contributed by atoms with van der Waals surface area (Å²) in [7, 11) is -2.07. The maximum Gasteiger partial charge on any atom is 0.280 e. The van der Waals surface area contributed by atoms with E-state index in [0.717, 1.165) is 5.56 Å². The van der Waals surface area contributed by atoms with Crippen LogP contribution in [-0.4, -0.2) is 44.2 Å². The highest BCUT2D eigenvalue weighted by atomic mass is 32.2. The molecule has 0 saturated carbocycles. The molecule has 1 aliphatic heterocycles. The van der Waals surface area contributed by atoms with Crippen LogP contribution in [0.4, 0.5) is 0 Å². The Morgan fingerprint density at radius 1 is 1.39 bits per heavy atom. The van der Waals surface area contributed by atoms with E-state index in [-0.39, 0.29) is 11.8 Å². The van der Waals surface area contributed by atoms with Crippen molar-refractivity contribution in [3.8, 4) is 5.75 Å². The van der Waals surface area contributed by atoms with Crippen LogP contribution in [-0.2, 0) is 10.2 Å². The fourth-order valence-electron chi connectivity index (χ4n) is 2.88. The predicted octanol–water partition coefficient (Wildman–Crippen LogP) is 1.89. The van der Waals surface area contributed by atoms with Crippen LogP contribution in [0.15, 0.2) is 18.2 Å². The number of nitrogens with one attached hydrogen (secondary N) is 1. The van der Waals surface area contributed by atoms with E-state index in [1.54, 1.807) is 39.2 Å². The molecule has 1 fully saturated rings. The van der Waals surface area contributed by atoms with Gasteiger partial charge in [-0.15, -0.1) is 0 Å². The highest BCUT2D eigenvalue weighted by Gasteiger charge is 2.39. The maximum absolute atomic E-state index is 12.8. The molecule has 1 aromatic rings. The van der Waals surface area contributed by atoms with Crippen molar-refractivity contribution in [2.45, 2.75) is 45.7 Å². The molecule has 0 spiro atoms. The molecule has 23 heavy (non-hydrogen) atoms. The lowest BCUT2D eigenvalue weighted by Gasteiger charge is -2.24. The molecule has 128 valence electrons. The number of Topliss-reactive ketones (excluding diaryl/α,β-unsaturated/α-hetero) is 1. The second kappa shape index (κ2) is 6.98. The minimum Gasteiger partial charge on any atom is -0.496 e. The number of ketones is 1. The lowest BCUT2D eigenvalue weighted by molar-refractivity contribution is 0.0917. The number of aryl methyl sites for hydroxylation is 1. The van der Waals surface area contributed by atoms with Gasteiger partial charge in [0.1, 0.15) is 5.75 Å². The van der Waals surface area contributed by atoms with Crippen molar-refractivity contribution < 1.29 is 17.9 Å². The first kappa shape index (κ1) is 17.9. The molecular weight excluding hydrogens is 316 g/mol. The molecule has 0 bridgehead atoms. The topological polar surface area (TPSA) is 75.7 Å². The number of benzene rings is 1. The van der Waals surface area contributed by atoms with Gasteiger partial charge in [0.05, 0.1) is 13.2 Å². The predicted molar refractivity (Wildman–Crippen MR) is 89.0 cm³/mol. The van der Waals surface area contributed by atoms with E-state index in [4.69, 9.17) is 4.74 Å². The Bertz CT molecular complexity index is 685. The van der Waals surface area contributed by atoms with Crippen LogP contribution >= 0.6 is 0 Å². The van der Waals surface area contributed by atoms with Crippen molar-refractivity contribution in [3.63, 3.8) is 0 Å². The van der Waals surface area contributed by atoms with E-state index in [2.05, 4.69) is 4.72 Å². The molecule has 1 aromatic carbocycles. The van der Waals surface area contributed by atoms with Crippen LogP contribution in [0.2, 0.25) is 0 Å². The Kier molecular flexibility index (Phi) is 5.44. The van der Waals surface area contributed by atoms with Crippen LogP contribution < -0.4 is 9.46 Å². The fourth-order valence-corrected chi connectivity index (χ4v) is 4.52. The first-order valence-corrected chi connectivity index (χ1v) is 9.18. The van der Waals surface area contributed by atoms with Crippen molar-refractivity contribution in [2.24, 2.45) is 0 Å². The number of carbonyl (C=O) groups excluding carboxylic acids is 1. The summed E-state index contributed by atoms with van der Waals surface area (Å²) in [5.74, 6) is 0.543. The van der Waals surface area contributed by atoms with Gasteiger partial charge in [-0.25, -0.2) is 0 Å². The van der Waals surface area contributed by atoms with Gasteiger partial charge in [0.25, 0.3) is 10.2 Å². The van der Waals surface area contributed by atoms with Crippen LogP contribution in [0, 0.1) is 6.92 Å². The van der Waals surface area contributed by atoms with Crippen LogP contribution in [0.25, 0.3) is 0 Å². The van der Waals surface area contributed by atoms with Gasteiger partial charge in [-0.1, -0.05) is 0 Å². The molecule has 1 unspecified atom stereocenters. The second-order valence-electron chi connectivity index (χ2n) is 6.09. The second-order valence-corrected chi connectivity index (χ2v) is 7.75. The maximum atomic E-state index is 12.8. The van der Waals surface area contributed by atoms with E-state index in [1.807, 2.05) is 6.92 Å². The number of ether oxygens (including phenoxy) is 1. The molecule has 6 nitrogen and oxygen atoms in total. The van der Waals surface area contributed by atoms with E-state index in [1.165, 1.54) is 4.31 Å². The molecular formula is C16H24N2O4S. The van der Waals surface area contributed by atoms with Crippen LogP contribution in [0.1, 0.15) is 42.6 Å². The van der Waals surface area contributed by atoms with Gasteiger partial charge in [-0.3, -0.25) is 4.79 Å². The van der Waals surface area contributed by atoms with Crippen molar-refractivity contribution in [3.05, 3.63) is 29.3 Å². The van der Waals surface area contributed by atoms with Crippen molar-refractivity contribution in [2.75, 3.05) is 13.7 Å². The smallest absolute Gasteiger partial charge is 0.280 e. The van der Waals surface area contributed by atoms with Crippen LogP contribution in [0.5, 0.6) is 5.75 Å². The Balaban J connectivity index is 2.26. The third kappa shape index (κ3) is 3.91. The van der Waals surface area contributed by atoms with Gasteiger partial charge in [0.2, 0.25) is 0 Å². The van der Waals surface area contributed by atoms with Gasteiger partial charge in [-0.2, -0.15) is 17.4 Å². The van der Waals surface area contributed by atoms with E-state index < -0.39 is 16.3 Å². The monoisotopic (exact) mass is 340 g/mol. The highest BCUT2D eigenvalue weighted by Crippen LogP contribution is 2.26. The minimum atomic E-state index is -3.65. The number of methoxy groups -OCH3 is 1. The summed E-state index contributed by atoms with van der Waals surface area (Å²) >= 11 is 0. The van der Waals surface area contributed by atoms with E-state index in [9.17, 15) is 13.2 Å². The van der Waals surface area contributed by atoms with Crippen molar-refractivity contribution >= 4 is 16.0 Å². The Hall–Kier alpha value is -1.44. The van der Waals surface area contributed by atoms with Gasteiger partial charge in [0, 0.05) is 18.2 Å². The molecule has 1 aliphatic rings. The number of hydrogen-bond acceptors (Lipinski definition) is 4. The summed E-state index contributed by atoms with van der Waals surface area (Å²) < 4.78 is 33.8. The summed E-state index contributed by atoms with van der Waals surface area (Å²) in [6.45, 7) is 5.75. The normalized spacial score (nSPS) is 19.3. The van der Waals surface area contributed by atoms with E-state index in [0.29, 0.717) is 30.7 Å². The lowest BCUT2D eigenvalue weighted by atomic mass is 10.0. The largest absolute Gasteiger partial charge is 0.496 e. The number of carbonyl (C=O) groups is 1. The summed E-state index contributed by atoms with van der Waals surface area (Å²) in [4.78, 5) is 12.8. The highest BCUT2D eigenvalue weighted by molar-refractivity contribution is 7.87. The third-order valence-electron chi connectivity index (χ3n) is 3.88. The van der Waals surface area contributed by atoms with E-state index >= 15 is 0 Å². The molecule has 1 atom stereocenters. The standard InChI is InChI=1S/C16H24N2O4S/c1-11(2)17-23(20,21)18-9-5-6-14(18)16(19)13-7-8-15(22-4)12(3)10-13/h7-8,10-11,14,17H,5-6,9H2,1-4H3. The number of rotatable bonds is 6. The molecule has 7 heteroatoms. The molecule has 0 aliphatic carbocycles. The fraction of sp³-hybridized carbons (Fsp3) is 0.562. The Morgan fingerprint density at radius 2 is 2.09 bits per heavy atom. The summed E-state index contributed by atoms with van der Waals surface area (Å²) in [6.07, 6.45) is 1.23. The van der Waals surface area contributed by atoms with Crippen molar-refractivity contribution in [1.29, 1.82) is 0 Å². The molecule has 0 amide bonds. The molecule has 1 saturated heterocycles. The third-order valence-corrected chi connectivity index (χ3v) is 5.70. The zero-order valence-corrected chi connectivity index (χ0v) is 14.8. The van der Waals surface area contributed by atoms with Gasteiger partial charge in [-0.05, 0) is 57.4 Å². The number of hydrogen-bond donors (Lipinski definition) is 1. The molecule has 1 heterocycles. The zero-order chi connectivity index (χ0) is 17.2. The van der Waals surface area contributed by atoms with Crippen molar-refractivity contribution in [1.82, 2.24) is 9.03 Å². The van der Waals surface area contributed by atoms with Gasteiger partial charge >= 0.3 is 0 Å². The average molecular weight is 340 g/mol. The lowest BCUT2D eigenvalue weighted by Crippen LogP contribution is -2.48. The SMILES string of the molecule is COc1ccc(C(=O)C2CCCN2S(=O)(=O)NC(C)C)cc1C. The first-order chi connectivity index (χ1) is 10.8. The Labute approximate surface area is 138 Å². The molecule has 0 radical (unpaired) electrons. The Morgan fingerprint density at radius 3 is 2.65 bits per heavy atom. The average Bonchev–Trinajstić information content (AvgIpc) is 2.95. The zero-order valence-electron chi connectivity index (χ0n) is 14.0. The molecule has 0 aromatic heterocycles.